The van der Waals surface area contributed by atoms with E-state index in [0.29, 0.717) is 0 Å². The molecule has 4 atom stereocenters. The largest absolute Gasteiger partial charge is 0.0691 e. The van der Waals surface area contributed by atoms with Gasteiger partial charge in [-0.1, -0.05) is 19.6 Å². The van der Waals surface area contributed by atoms with Gasteiger partial charge in [-0.15, -0.1) is 0 Å². The van der Waals surface area contributed by atoms with E-state index in [1.54, 1.807) is 6.42 Å². The lowest BCUT2D eigenvalue weighted by atomic mass is 9.56. The van der Waals surface area contributed by atoms with Crippen molar-refractivity contribution in [2.24, 2.45) is 17.8 Å². The van der Waals surface area contributed by atoms with Crippen LogP contribution in [0.2, 0.25) is 24.7 Å². The van der Waals surface area contributed by atoms with E-state index in [-0.39, 0.29) is 0 Å². The Morgan fingerprint density at radius 2 is 1.57 bits per heavy atom. The Morgan fingerprint density at radius 1 is 1.00 bits per heavy atom. The average molecular weight is 206 g/mol. The first-order valence-electron chi connectivity index (χ1n) is 6.25. The molecule has 1 heteroatoms. The molecule has 2 unspecified atom stereocenters. The van der Waals surface area contributed by atoms with E-state index >= 15 is 0 Å². The molecule has 4 saturated carbocycles. The number of hydrogen-bond donors (Lipinski definition) is 0. The number of rotatable bonds is 1. The van der Waals surface area contributed by atoms with Crippen LogP contribution in [0.3, 0.4) is 0 Å². The van der Waals surface area contributed by atoms with Crippen LogP contribution in [0.4, 0.5) is 0 Å². The highest BCUT2D eigenvalue weighted by Crippen LogP contribution is 2.67. The highest BCUT2D eigenvalue weighted by molar-refractivity contribution is 6.79. The highest BCUT2D eigenvalue weighted by atomic mass is 28.3. The van der Waals surface area contributed by atoms with Crippen molar-refractivity contribution in [2.45, 2.75) is 56.8 Å². The van der Waals surface area contributed by atoms with Gasteiger partial charge in [0, 0.05) is 0 Å². The van der Waals surface area contributed by atoms with Crippen molar-refractivity contribution in [1.29, 1.82) is 0 Å². The zero-order chi connectivity index (χ0) is 9.97. The summed E-state index contributed by atoms with van der Waals surface area (Å²) in [7, 11) is -0.949. The molecular formula is C13H22Si. The Morgan fingerprint density at radius 3 is 2.00 bits per heavy atom. The molecule has 0 saturated heterocycles. The fourth-order valence-corrected chi connectivity index (χ4v) is 7.10. The molecule has 2 radical (unpaired) electrons. The molecule has 0 amide bonds. The summed E-state index contributed by atoms with van der Waals surface area (Å²) >= 11 is 0. The summed E-state index contributed by atoms with van der Waals surface area (Å²) in [5.41, 5.74) is 0. The van der Waals surface area contributed by atoms with Gasteiger partial charge in [-0.25, -0.2) is 0 Å². The molecule has 0 aromatic rings. The number of hydrogen-bond acceptors (Lipinski definition) is 0. The van der Waals surface area contributed by atoms with Crippen molar-refractivity contribution in [1.82, 2.24) is 0 Å². The first-order chi connectivity index (χ1) is 6.48. The predicted octanol–water partition coefficient (Wildman–Crippen LogP) is 3.99. The van der Waals surface area contributed by atoms with Gasteiger partial charge in [0.15, 0.2) is 0 Å². The molecule has 4 fully saturated rings. The van der Waals surface area contributed by atoms with Gasteiger partial charge in [0.05, 0.1) is 8.07 Å². The molecule has 4 aliphatic carbocycles. The van der Waals surface area contributed by atoms with E-state index in [1.165, 1.54) is 25.7 Å². The third-order valence-electron chi connectivity index (χ3n) is 5.25. The third kappa shape index (κ3) is 1.17. The molecule has 0 aromatic heterocycles. The molecule has 0 heterocycles. The van der Waals surface area contributed by atoms with Gasteiger partial charge >= 0.3 is 0 Å². The molecule has 0 aliphatic heterocycles. The van der Waals surface area contributed by atoms with Crippen LogP contribution >= 0.6 is 0 Å². The monoisotopic (exact) mass is 206 g/mol. The van der Waals surface area contributed by atoms with Crippen molar-refractivity contribution in [3.63, 3.8) is 0 Å². The molecule has 14 heavy (non-hydrogen) atoms. The normalized spacial score (nSPS) is 51.2. The second kappa shape index (κ2) is 2.66. The van der Waals surface area contributed by atoms with Crippen LogP contribution in [0.25, 0.3) is 0 Å². The standard InChI is InChI=1S/C13H22Si/c1-14(2,3)13-7-10-4-11(8-13)6-12(5-10)9-13/h10-12H,4-5,7-9H2,1-3H3/t10?,11-,12+,13?. The van der Waals surface area contributed by atoms with E-state index in [4.69, 9.17) is 0 Å². The predicted molar refractivity (Wildman–Crippen MR) is 62.8 cm³/mol. The van der Waals surface area contributed by atoms with Gasteiger partial charge in [0.2, 0.25) is 0 Å². The lowest BCUT2D eigenvalue weighted by Crippen LogP contribution is -2.52. The van der Waals surface area contributed by atoms with Crippen molar-refractivity contribution >= 4 is 8.07 Å². The maximum Gasteiger partial charge on any atom is 0.0505 e. The zero-order valence-corrected chi connectivity index (χ0v) is 10.8. The van der Waals surface area contributed by atoms with Gasteiger partial charge in [-0.05, 0) is 61.3 Å². The van der Waals surface area contributed by atoms with Gasteiger partial charge in [-0.2, -0.15) is 0 Å². The topological polar surface area (TPSA) is 0 Å². The van der Waals surface area contributed by atoms with Crippen molar-refractivity contribution < 1.29 is 0 Å². The van der Waals surface area contributed by atoms with E-state index < -0.39 is 8.07 Å². The maximum absolute atomic E-state index is 3.83. The molecule has 0 N–H and O–H groups in total. The van der Waals surface area contributed by atoms with Gasteiger partial charge in [0.25, 0.3) is 0 Å². The fraction of sp³-hybridized carbons (Fsp3) is 0.923. The minimum atomic E-state index is -0.949. The van der Waals surface area contributed by atoms with Gasteiger partial charge in [0.1, 0.15) is 0 Å². The molecule has 4 bridgehead atoms. The van der Waals surface area contributed by atoms with Gasteiger partial charge < -0.3 is 0 Å². The minimum absolute atomic E-state index is 0.814. The maximum atomic E-state index is 3.83. The lowest BCUT2D eigenvalue weighted by molar-refractivity contribution is 0.0706. The van der Waals surface area contributed by atoms with Crippen LogP contribution in [-0.4, -0.2) is 8.07 Å². The van der Waals surface area contributed by atoms with Crippen LogP contribution in [-0.2, 0) is 0 Å². The summed E-state index contributed by atoms with van der Waals surface area (Å²) in [6.07, 6.45) is 11.4. The second-order valence-corrected chi connectivity index (χ2v) is 12.6. The molecule has 4 rings (SSSR count). The molecular weight excluding hydrogens is 184 g/mol. The highest BCUT2D eigenvalue weighted by Gasteiger charge is 2.56. The van der Waals surface area contributed by atoms with E-state index in [9.17, 15) is 0 Å². The van der Waals surface area contributed by atoms with E-state index in [2.05, 4.69) is 26.1 Å². The van der Waals surface area contributed by atoms with Crippen molar-refractivity contribution in [2.75, 3.05) is 0 Å². The minimum Gasteiger partial charge on any atom is -0.0691 e. The summed E-state index contributed by atoms with van der Waals surface area (Å²) in [4.78, 5) is 0. The second-order valence-electron chi connectivity index (χ2n) is 7.04. The smallest absolute Gasteiger partial charge is 0.0505 e. The third-order valence-corrected chi connectivity index (χ3v) is 9.05. The molecule has 0 aromatic carbocycles. The van der Waals surface area contributed by atoms with Crippen LogP contribution in [0.1, 0.15) is 32.1 Å². The molecule has 78 valence electrons. The Bertz CT molecular complexity index is 213. The quantitative estimate of drug-likeness (QED) is 0.569. The van der Waals surface area contributed by atoms with Crippen LogP contribution in [0, 0.1) is 24.2 Å². The Labute approximate surface area is 89.5 Å². The van der Waals surface area contributed by atoms with Crippen LogP contribution < -0.4 is 0 Å². The summed E-state index contributed by atoms with van der Waals surface area (Å²) in [5, 5.41) is 0.814. The Kier molecular flexibility index (Phi) is 1.80. The fourth-order valence-electron chi connectivity index (χ4n) is 4.49. The SMILES string of the molecule is C[Si](C)(C)C12CC3C[C@@H]([C][C@@H](C3)C1)C2. The summed E-state index contributed by atoms with van der Waals surface area (Å²) in [6, 6.07) is 0. The Balaban J connectivity index is 1.95. The summed E-state index contributed by atoms with van der Waals surface area (Å²) in [6.45, 7) is 7.79. The van der Waals surface area contributed by atoms with Crippen LogP contribution in [0.5, 0.6) is 0 Å². The summed E-state index contributed by atoms with van der Waals surface area (Å²) < 4.78 is 0. The van der Waals surface area contributed by atoms with Crippen molar-refractivity contribution in [3.8, 4) is 0 Å². The van der Waals surface area contributed by atoms with Crippen LogP contribution in [0.15, 0.2) is 0 Å². The molecule has 0 spiro atoms. The zero-order valence-electron chi connectivity index (χ0n) is 9.77. The molecule has 4 aliphatic rings. The molecule has 0 nitrogen and oxygen atoms in total. The Hall–Kier alpha value is 0.217. The first-order valence-corrected chi connectivity index (χ1v) is 9.75. The first kappa shape index (κ1) is 9.44. The van der Waals surface area contributed by atoms with Gasteiger partial charge in [-0.3, -0.25) is 0 Å². The van der Waals surface area contributed by atoms with E-state index in [1.807, 2.05) is 0 Å². The lowest BCUT2D eigenvalue weighted by Gasteiger charge is -2.61. The summed E-state index contributed by atoms with van der Waals surface area (Å²) in [5.74, 6) is 2.88. The average Bonchev–Trinajstić information content (AvgIpc) is 1.98. The van der Waals surface area contributed by atoms with Crippen molar-refractivity contribution in [3.05, 3.63) is 6.42 Å². The van der Waals surface area contributed by atoms with E-state index in [0.717, 1.165) is 22.8 Å².